The number of anilines is 1. The van der Waals surface area contributed by atoms with Crippen molar-refractivity contribution in [2.75, 3.05) is 39.0 Å². The Morgan fingerprint density at radius 1 is 1.10 bits per heavy atom. The molecule has 31 heavy (non-hydrogen) atoms. The van der Waals surface area contributed by atoms with E-state index in [0.717, 1.165) is 30.3 Å². The molecule has 1 aliphatic carbocycles. The zero-order valence-electron chi connectivity index (χ0n) is 18.6. The van der Waals surface area contributed by atoms with Gasteiger partial charge < -0.3 is 20.9 Å². The topological polar surface area (TPSA) is 68.8 Å². The first-order chi connectivity index (χ1) is 15.0. The van der Waals surface area contributed by atoms with Gasteiger partial charge in [0.15, 0.2) is 5.96 Å². The number of carbonyl (C=O) groups excluding carboxylic acids is 1. The summed E-state index contributed by atoms with van der Waals surface area (Å²) in [5.41, 5.74) is 1.85. The number of rotatable bonds is 10. The zero-order valence-corrected chi connectivity index (χ0v) is 19.5. The van der Waals surface area contributed by atoms with Gasteiger partial charge in [0, 0.05) is 28.4 Å². The largest absolute Gasteiger partial charge is 0.357 e. The van der Waals surface area contributed by atoms with E-state index in [1.54, 1.807) is 0 Å². The number of benzene rings is 2. The number of thioether (sulfide) groups is 1. The van der Waals surface area contributed by atoms with Crippen LogP contribution in [0.5, 0.6) is 0 Å². The van der Waals surface area contributed by atoms with Crippen molar-refractivity contribution in [3.63, 3.8) is 0 Å². The number of hydrogen-bond acceptors (Lipinski definition) is 4. The molecule has 0 unspecified atom stereocenters. The van der Waals surface area contributed by atoms with Crippen LogP contribution in [0.4, 0.5) is 5.69 Å². The number of carbonyl (C=O) groups is 1. The lowest BCUT2D eigenvalue weighted by molar-refractivity contribution is -0.116. The quantitative estimate of drug-likeness (QED) is 0.390. The molecule has 7 heteroatoms. The highest BCUT2D eigenvalue weighted by Crippen LogP contribution is 2.51. The van der Waals surface area contributed by atoms with Gasteiger partial charge in [-0.05, 0) is 63.7 Å². The summed E-state index contributed by atoms with van der Waals surface area (Å²) in [5, 5.41) is 9.80. The minimum atomic E-state index is -0.0219. The highest BCUT2D eigenvalue weighted by Gasteiger charge is 2.43. The molecule has 0 atom stereocenters. The second-order valence-electron chi connectivity index (χ2n) is 8.13. The molecular formula is C24H33N5OS. The first kappa shape index (κ1) is 23.2. The van der Waals surface area contributed by atoms with Gasteiger partial charge >= 0.3 is 0 Å². The molecule has 3 N–H and O–H groups in total. The minimum absolute atomic E-state index is 0.0219. The molecule has 0 saturated heterocycles. The van der Waals surface area contributed by atoms with Gasteiger partial charge in [-0.25, -0.2) is 4.99 Å². The monoisotopic (exact) mass is 439 g/mol. The van der Waals surface area contributed by atoms with E-state index in [-0.39, 0.29) is 10.7 Å². The van der Waals surface area contributed by atoms with Crippen LogP contribution in [0.2, 0.25) is 0 Å². The molecule has 0 aliphatic heterocycles. The summed E-state index contributed by atoms with van der Waals surface area (Å²) in [6.07, 6.45) is 2.43. The molecule has 1 aliphatic rings. The van der Waals surface area contributed by atoms with Crippen LogP contribution < -0.4 is 16.0 Å². The third-order valence-corrected chi connectivity index (χ3v) is 6.39. The molecule has 0 spiro atoms. The maximum Gasteiger partial charge on any atom is 0.238 e. The van der Waals surface area contributed by atoms with Gasteiger partial charge in [-0.2, -0.15) is 0 Å². The lowest BCUT2D eigenvalue weighted by Crippen LogP contribution is -2.41. The molecule has 1 amide bonds. The van der Waals surface area contributed by atoms with Crippen LogP contribution in [-0.4, -0.2) is 55.2 Å². The summed E-state index contributed by atoms with van der Waals surface area (Å²) in [4.78, 5) is 19.9. The van der Waals surface area contributed by atoms with Gasteiger partial charge in [0.05, 0.1) is 13.1 Å². The first-order valence-electron chi connectivity index (χ1n) is 10.8. The van der Waals surface area contributed by atoms with Crippen LogP contribution in [0, 0.1) is 0 Å². The minimum Gasteiger partial charge on any atom is -0.357 e. The summed E-state index contributed by atoms with van der Waals surface area (Å²) in [6.45, 7) is 4.68. The Bertz CT molecular complexity index is 881. The molecule has 166 valence electrons. The average molecular weight is 440 g/mol. The van der Waals surface area contributed by atoms with Gasteiger partial charge in [-0.3, -0.25) is 4.79 Å². The van der Waals surface area contributed by atoms with E-state index in [0.29, 0.717) is 13.1 Å². The molecule has 0 aromatic heterocycles. The van der Waals surface area contributed by atoms with Crippen LogP contribution in [0.25, 0.3) is 0 Å². The van der Waals surface area contributed by atoms with E-state index in [2.05, 4.69) is 53.2 Å². The van der Waals surface area contributed by atoms with Crippen molar-refractivity contribution in [3.05, 3.63) is 60.2 Å². The summed E-state index contributed by atoms with van der Waals surface area (Å²) in [5.74, 6) is 0.802. The Kier molecular flexibility index (Phi) is 8.37. The van der Waals surface area contributed by atoms with Gasteiger partial charge in [-0.15, -0.1) is 11.8 Å². The van der Waals surface area contributed by atoms with Crippen molar-refractivity contribution in [2.45, 2.75) is 36.0 Å². The molecule has 1 saturated carbocycles. The lowest BCUT2D eigenvalue weighted by Gasteiger charge is -2.18. The molecular weight excluding hydrogens is 406 g/mol. The molecule has 2 aromatic carbocycles. The number of nitrogens with one attached hydrogen (secondary N) is 3. The van der Waals surface area contributed by atoms with Gasteiger partial charge in [0.1, 0.15) is 0 Å². The normalized spacial score (nSPS) is 14.9. The Hall–Kier alpha value is -2.51. The van der Waals surface area contributed by atoms with Crippen molar-refractivity contribution in [3.8, 4) is 0 Å². The fourth-order valence-electron chi connectivity index (χ4n) is 3.18. The highest BCUT2D eigenvalue weighted by atomic mass is 32.2. The second kappa shape index (κ2) is 11.2. The molecule has 0 bridgehead atoms. The molecule has 6 nitrogen and oxygen atoms in total. The summed E-state index contributed by atoms with van der Waals surface area (Å²) >= 11 is 1.95. The predicted molar refractivity (Wildman–Crippen MR) is 131 cm³/mol. The van der Waals surface area contributed by atoms with Crippen molar-refractivity contribution >= 4 is 29.3 Å². The number of aliphatic imine (C=N–C) groups is 1. The zero-order chi connectivity index (χ0) is 22.1. The number of likely N-dealkylation sites (N-methyl/N-ethyl adjacent to an activating group) is 1. The number of nitrogens with zero attached hydrogens (tertiary/aromatic N) is 2. The Labute approximate surface area is 189 Å². The SMILES string of the molecule is CCNC(=NCc1cccc(NC(=O)CN(C)C)c1)NCC1(Sc2ccccc2)CC1. The fourth-order valence-corrected chi connectivity index (χ4v) is 4.43. The van der Waals surface area contributed by atoms with E-state index >= 15 is 0 Å². The number of amides is 1. The first-order valence-corrected chi connectivity index (χ1v) is 11.6. The number of guanidine groups is 1. The fraction of sp³-hybridized carbons (Fsp3) is 0.417. The van der Waals surface area contributed by atoms with Gasteiger partial charge in [-0.1, -0.05) is 30.3 Å². The maximum atomic E-state index is 12.0. The molecule has 3 rings (SSSR count). The summed E-state index contributed by atoms with van der Waals surface area (Å²) < 4.78 is 0.258. The predicted octanol–water partition coefficient (Wildman–Crippen LogP) is 3.57. The van der Waals surface area contributed by atoms with Crippen molar-refractivity contribution < 1.29 is 4.79 Å². The third-order valence-electron chi connectivity index (χ3n) is 4.90. The molecule has 0 heterocycles. The molecule has 1 fully saturated rings. The third kappa shape index (κ3) is 7.92. The Morgan fingerprint density at radius 3 is 2.55 bits per heavy atom. The van der Waals surface area contributed by atoms with E-state index in [9.17, 15) is 4.79 Å². The maximum absolute atomic E-state index is 12.0. The Balaban J connectivity index is 1.56. The van der Waals surface area contributed by atoms with Crippen LogP contribution in [-0.2, 0) is 11.3 Å². The average Bonchev–Trinajstić information content (AvgIpc) is 3.50. The van der Waals surface area contributed by atoms with Crippen molar-refractivity contribution in [2.24, 2.45) is 4.99 Å². The highest BCUT2D eigenvalue weighted by molar-refractivity contribution is 8.01. The van der Waals surface area contributed by atoms with Crippen LogP contribution in [0.15, 0.2) is 64.5 Å². The second-order valence-corrected chi connectivity index (χ2v) is 9.67. The molecule has 0 radical (unpaired) electrons. The van der Waals surface area contributed by atoms with Gasteiger partial charge in [0.25, 0.3) is 0 Å². The van der Waals surface area contributed by atoms with E-state index in [1.807, 2.05) is 55.0 Å². The van der Waals surface area contributed by atoms with E-state index in [1.165, 1.54) is 17.7 Å². The van der Waals surface area contributed by atoms with Crippen LogP contribution >= 0.6 is 11.8 Å². The summed E-state index contributed by atoms with van der Waals surface area (Å²) in [7, 11) is 3.76. The lowest BCUT2D eigenvalue weighted by atomic mass is 10.2. The smallest absolute Gasteiger partial charge is 0.238 e. The van der Waals surface area contributed by atoms with Crippen molar-refractivity contribution in [1.82, 2.24) is 15.5 Å². The standard InChI is InChI=1S/C24H33N5OS/c1-4-25-23(27-18-24(13-14-24)31-21-11-6-5-7-12-21)26-16-19-9-8-10-20(15-19)28-22(30)17-29(2)3/h5-12,15H,4,13-14,16-18H2,1-3H3,(H,28,30)(H2,25,26,27). The number of hydrogen-bond donors (Lipinski definition) is 3. The van der Waals surface area contributed by atoms with Gasteiger partial charge in [0.2, 0.25) is 5.91 Å². The summed E-state index contributed by atoms with van der Waals surface area (Å²) in [6, 6.07) is 18.5. The van der Waals surface area contributed by atoms with Crippen molar-refractivity contribution in [1.29, 1.82) is 0 Å². The van der Waals surface area contributed by atoms with Crippen LogP contribution in [0.3, 0.4) is 0 Å². The van der Waals surface area contributed by atoms with Crippen LogP contribution in [0.1, 0.15) is 25.3 Å². The molecule has 2 aromatic rings. The Morgan fingerprint density at radius 2 is 1.87 bits per heavy atom. The van der Waals surface area contributed by atoms with E-state index in [4.69, 9.17) is 4.99 Å². The van der Waals surface area contributed by atoms with E-state index < -0.39 is 0 Å².